The minimum absolute atomic E-state index is 0.153. The van der Waals surface area contributed by atoms with E-state index in [0.29, 0.717) is 51.5 Å². The Kier molecular flexibility index (Phi) is 6.24. The first-order valence-corrected chi connectivity index (χ1v) is 12.4. The van der Waals surface area contributed by atoms with Crippen LogP contribution in [0, 0.1) is 5.92 Å². The van der Waals surface area contributed by atoms with Crippen molar-refractivity contribution in [2.75, 3.05) is 5.32 Å². The monoisotopic (exact) mass is 485 g/mol. The van der Waals surface area contributed by atoms with Crippen LogP contribution in [0.5, 0.6) is 0 Å². The lowest BCUT2D eigenvalue weighted by atomic mass is 9.79. The van der Waals surface area contributed by atoms with Crippen molar-refractivity contribution in [3.8, 4) is 0 Å². The van der Waals surface area contributed by atoms with E-state index in [1.807, 2.05) is 24.0 Å². The van der Waals surface area contributed by atoms with Crippen LogP contribution in [0.2, 0.25) is 0 Å². The number of anilines is 1. The van der Waals surface area contributed by atoms with Crippen molar-refractivity contribution in [3.63, 3.8) is 0 Å². The van der Waals surface area contributed by atoms with Gasteiger partial charge in [0.1, 0.15) is 11.7 Å². The van der Waals surface area contributed by atoms with E-state index in [-0.39, 0.29) is 18.1 Å². The largest absolute Gasteiger partial charge is 0.506 e. The summed E-state index contributed by atoms with van der Waals surface area (Å²) in [4.78, 5) is 32.9. The molecule has 188 valence electrons. The van der Waals surface area contributed by atoms with Gasteiger partial charge in [-0.15, -0.1) is 0 Å². The summed E-state index contributed by atoms with van der Waals surface area (Å²) in [6.45, 7) is 2.72. The number of carboxylic acid groups (broad SMARTS) is 2. The maximum Gasteiger partial charge on any atom is 0.506 e. The van der Waals surface area contributed by atoms with Crippen molar-refractivity contribution in [1.29, 1.82) is 0 Å². The molecular formula is C24H31N5O6. The third kappa shape index (κ3) is 4.63. The smallest absolute Gasteiger partial charge is 0.481 e. The van der Waals surface area contributed by atoms with E-state index in [0.717, 1.165) is 40.8 Å². The van der Waals surface area contributed by atoms with Crippen LogP contribution in [-0.4, -0.2) is 60.6 Å². The van der Waals surface area contributed by atoms with E-state index in [4.69, 9.17) is 14.7 Å². The minimum atomic E-state index is -1.24. The van der Waals surface area contributed by atoms with E-state index in [1.165, 1.54) is 0 Å². The minimum Gasteiger partial charge on any atom is -0.481 e. The molecule has 1 spiro atoms. The van der Waals surface area contributed by atoms with Crippen molar-refractivity contribution in [1.82, 2.24) is 14.8 Å². The Hall–Kier alpha value is -3.37. The van der Waals surface area contributed by atoms with Gasteiger partial charge >= 0.3 is 12.1 Å². The second kappa shape index (κ2) is 9.35. The number of aryl methyl sites for hydroxylation is 1. The summed E-state index contributed by atoms with van der Waals surface area (Å²) >= 11 is 0. The molecule has 11 nitrogen and oxygen atoms in total. The molecule has 0 radical (unpaired) electrons. The summed E-state index contributed by atoms with van der Waals surface area (Å²) in [5.41, 5.74) is 2.93. The zero-order chi connectivity index (χ0) is 24.6. The van der Waals surface area contributed by atoms with Gasteiger partial charge in [0.15, 0.2) is 5.65 Å². The molecule has 0 atom stereocenters. The molecule has 0 saturated heterocycles. The van der Waals surface area contributed by atoms with Gasteiger partial charge in [-0.2, -0.15) is 5.10 Å². The number of aromatic nitrogens is 3. The number of carbonyl (C=O) groups is 2. The van der Waals surface area contributed by atoms with Crippen molar-refractivity contribution in [2.24, 2.45) is 11.1 Å². The van der Waals surface area contributed by atoms with Crippen LogP contribution in [-0.2, 0) is 20.9 Å². The van der Waals surface area contributed by atoms with Gasteiger partial charge in [-0.25, -0.2) is 14.5 Å². The first-order chi connectivity index (χ1) is 16.9. The number of nitrogens with one attached hydrogen (secondary N) is 1. The average molecular weight is 486 g/mol. The highest BCUT2D eigenvalue weighted by atomic mass is 16.7. The molecule has 0 amide bonds. The molecule has 35 heavy (non-hydrogen) atoms. The van der Waals surface area contributed by atoms with Gasteiger partial charge in [0.25, 0.3) is 0 Å². The molecule has 11 heteroatoms. The van der Waals surface area contributed by atoms with Gasteiger partial charge in [0.2, 0.25) is 0 Å². The molecule has 2 aromatic rings. The third-order valence-electron chi connectivity index (χ3n) is 7.65. The molecule has 5 rings (SSSR count). The van der Waals surface area contributed by atoms with Crippen molar-refractivity contribution in [2.45, 2.75) is 89.0 Å². The third-order valence-corrected chi connectivity index (χ3v) is 7.65. The highest BCUT2D eigenvalue weighted by Crippen LogP contribution is 2.42. The number of carboxylic acids is 1. The number of hydrogen-bond donors (Lipinski definition) is 3. The van der Waals surface area contributed by atoms with Crippen molar-refractivity contribution < 1.29 is 29.4 Å². The number of nitrogens with zero attached hydrogens (tertiary/aromatic N) is 4. The predicted molar refractivity (Wildman–Crippen MR) is 127 cm³/mol. The molecule has 0 bridgehead atoms. The fourth-order valence-electron chi connectivity index (χ4n) is 5.63. The molecule has 0 unspecified atom stereocenters. The Morgan fingerprint density at radius 3 is 2.57 bits per heavy atom. The standard InChI is InChI=1S/C24H31N5O6/c1-2-29-21-18(13-26-29)20(27-15-5-3-14(4-6-15)22(30)31)17(12-25-21)19-11-24(35-28-19)9-7-16(8-10-24)34-23(32)33/h12-16H,2-11H2,1H3,(H,25,27)(H,30,31)(H,32,33). The molecule has 2 saturated carbocycles. The van der Waals surface area contributed by atoms with Gasteiger partial charge in [0.05, 0.1) is 28.9 Å². The van der Waals surface area contributed by atoms with Gasteiger partial charge in [-0.3, -0.25) is 4.79 Å². The van der Waals surface area contributed by atoms with Crippen LogP contribution in [0.1, 0.15) is 70.3 Å². The van der Waals surface area contributed by atoms with E-state index in [9.17, 15) is 14.7 Å². The number of oxime groups is 1. The second-order valence-electron chi connectivity index (χ2n) is 9.85. The molecular weight excluding hydrogens is 454 g/mol. The van der Waals surface area contributed by atoms with E-state index in [2.05, 4.69) is 20.6 Å². The Bertz CT molecular complexity index is 1140. The van der Waals surface area contributed by atoms with Crippen LogP contribution in [0.25, 0.3) is 11.0 Å². The van der Waals surface area contributed by atoms with Crippen LogP contribution in [0.4, 0.5) is 10.5 Å². The van der Waals surface area contributed by atoms with Gasteiger partial charge < -0.3 is 25.1 Å². The Balaban J connectivity index is 1.37. The Morgan fingerprint density at radius 1 is 1.17 bits per heavy atom. The quantitative estimate of drug-likeness (QED) is 0.516. The fraction of sp³-hybridized carbons (Fsp3) is 0.625. The number of fused-ring (bicyclic) bond motifs is 1. The second-order valence-corrected chi connectivity index (χ2v) is 9.85. The number of ether oxygens (including phenoxy) is 1. The first-order valence-electron chi connectivity index (χ1n) is 12.4. The van der Waals surface area contributed by atoms with E-state index in [1.54, 1.807) is 0 Å². The lowest BCUT2D eigenvalue weighted by Crippen LogP contribution is -2.37. The van der Waals surface area contributed by atoms with Gasteiger partial charge in [0, 0.05) is 30.8 Å². The zero-order valence-corrected chi connectivity index (χ0v) is 19.8. The predicted octanol–water partition coefficient (Wildman–Crippen LogP) is 4.01. The maximum atomic E-state index is 11.4. The fourth-order valence-corrected chi connectivity index (χ4v) is 5.63. The Morgan fingerprint density at radius 2 is 1.91 bits per heavy atom. The Labute approximate surface area is 202 Å². The number of aliphatic carboxylic acids is 1. The molecule has 3 heterocycles. The number of rotatable bonds is 6. The van der Waals surface area contributed by atoms with Crippen LogP contribution < -0.4 is 5.32 Å². The van der Waals surface area contributed by atoms with Gasteiger partial charge in [-0.05, 0) is 58.3 Å². The van der Waals surface area contributed by atoms with Crippen molar-refractivity contribution >= 4 is 34.6 Å². The summed E-state index contributed by atoms with van der Waals surface area (Å²) < 4.78 is 6.80. The SMILES string of the molecule is CCn1ncc2c(NC3CCC(C(=O)O)CC3)c(C3=NOC4(CCC(OC(=O)O)CC4)C3)cnc21. The molecule has 2 aliphatic carbocycles. The van der Waals surface area contributed by atoms with E-state index < -0.39 is 17.7 Å². The lowest BCUT2D eigenvalue weighted by Gasteiger charge is -2.34. The summed E-state index contributed by atoms with van der Waals surface area (Å²) in [6, 6.07) is 0.153. The highest BCUT2D eigenvalue weighted by molar-refractivity contribution is 6.10. The number of pyridine rings is 1. The molecule has 1 aliphatic heterocycles. The summed E-state index contributed by atoms with van der Waals surface area (Å²) in [7, 11) is 0. The first kappa shape index (κ1) is 23.4. The maximum absolute atomic E-state index is 11.4. The molecule has 2 fully saturated rings. The van der Waals surface area contributed by atoms with Gasteiger partial charge in [-0.1, -0.05) is 5.16 Å². The summed E-state index contributed by atoms with van der Waals surface area (Å²) in [6.07, 6.45) is 8.12. The highest BCUT2D eigenvalue weighted by Gasteiger charge is 2.44. The molecule has 3 N–H and O–H groups in total. The van der Waals surface area contributed by atoms with E-state index >= 15 is 0 Å². The molecule has 2 aromatic heterocycles. The summed E-state index contributed by atoms with van der Waals surface area (Å²) in [5, 5.41) is 31.8. The topological polar surface area (TPSA) is 148 Å². The molecule has 3 aliphatic rings. The van der Waals surface area contributed by atoms with Crippen LogP contribution in [0.3, 0.4) is 0 Å². The number of hydrogen-bond acceptors (Lipinski definition) is 8. The summed E-state index contributed by atoms with van der Waals surface area (Å²) in [5.74, 6) is -0.994. The van der Waals surface area contributed by atoms with Crippen LogP contribution >= 0.6 is 0 Å². The zero-order valence-electron chi connectivity index (χ0n) is 19.8. The normalized spacial score (nSPS) is 28.5. The average Bonchev–Trinajstić information content (AvgIpc) is 3.45. The lowest BCUT2D eigenvalue weighted by molar-refractivity contribution is -0.142. The van der Waals surface area contributed by atoms with Crippen LogP contribution in [0.15, 0.2) is 17.5 Å². The van der Waals surface area contributed by atoms with Crippen molar-refractivity contribution in [3.05, 3.63) is 18.0 Å². The molecule has 0 aromatic carbocycles.